The molecule has 2 aliphatic heterocycles. The van der Waals surface area contributed by atoms with Crippen LogP contribution in [0.3, 0.4) is 0 Å². The van der Waals surface area contributed by atoms with Gasteiger partial charge in [-0.2, -0.15) is 15.1 Å². The summed E-state index contributed by atoms with van der Waals surface area (Å²) in [7, 11) is 2.13. The van der Waals surface area contributed by atoms with E-state index >= 15 is 0 Å². The second-order valence-electron chi connectivity index (χ2n) is 7.62. The number of amidine groups is 1. The number of benzene rings is 1. The van der Waals surface area contributed by atoms with Crippen molar-refractivity contribution in [3.63, 3.8) is 0 Å². The summed E-state index contributed by atoms with van der Waals surface area (Å²) in [6.07, 6.45) is 2.07. The first-order valence-corrected chi connectivity index (χ1v) is 10.2. The fourth-order valence-corrected chi connectivity index (χ4v) is 3.50. The van der Waals surface area contributed by atoms with Crippen LogP contribution in [0.15, 0.2) is 50.7 Å². The van der Waals surface area contributed by atoms with Crippen molar-refractivity contribution < 1.29 is 4.74 Å². The highest BCUT2D eigenvalue weighted by Gasteiger charge is 2.28. The standard InChI is InChI=1S/C21H29ClN6O/c1-14(2)19-25-21(29-18-9-11-27(5)12-10-18)26-20(28(19)23-4)24-15(3)16-7-6-8-17(22)13-16/h6-8,13,15,18H,4,9-12H2,1-3,5H3,(H,24,25,26)/t15-/m1/s1. The van der Waals surface area contributed by atoms with E-state index in [1.165, 1.54) is 0 Å². The lowest BCUT2D eigenvalue weighted by molar-refractivity contribution is 0.0990. The fourth-order valence-electron chi connectivity index (χ4n) is 3.31. The third-order valence-corrected chi connectivity index (χ3v) is 5.26. The van der Waals surface area contributed by atoms with Gasteiger partial charge in [0.25, 0.3) is 12.0 Å². The fraction of sp³-hybridized carbons (Fsp3) is 0.476. The Morgan fingerprint density at radius 3 is 2.69 bits per heavy atom. The summed E-state index contributed by atoms with van der Waals surface area (Å²) in [6, 6.07) is 7.96. The second-order valence-corrected chi connectivity index (χ2v) is 8.06. The lowest BCUT2D eigenvalue weighted by atomic mass is 10.1. The summed E-state index contributed by atoms with van der Waals surface area (Å²) < 4.78 is 6.18. The van der Waals surface area contributed by atoms with Crippen LogP contribution >= 0.6 is 11.6 Å². The molecule has 0 saturated carbocycles. The number of hydrazone groups is 1. The average Bonchev–Trinajstić information content (AvgIpc) is 2.69. The number of nitrogens with zero attached hydrogens (tertiary/aromatic N) is 5. The van der Waals surface area contributed by atoms with Crippen molar-refractivity contribution in [2.45, 2.75) is 45.8 Å². The van der Waals surface area contributed by atoms with Crippen LogP contribution in [-0.2, 0) is 4.74 Å². The van der Waals surface area contributed by atoms with Gasteiger partial charge in [0.05, 0.1) is 6.04 Å². The summed E-state index contributed by atoms with van der Waals surface area (Å²) in [5.74, 6) is 1.19. The maximum Gasteiger partial charge on any atom is 0.298 e. The molecule has 3 rings (SSSR count). The molecule has 0 bridgehead atoms. The highest BCUT2D eigenvalue weighted by atomic mass is 35.5. The van der Waals surface area contributed by atoms with Gasteiger partial charge in [-0.25, -0.2) is 4.99 Å². The number of hydrogen-bond acceptors (Lipinski definition) is 5. The van der Waals surface area contributed by atoms with Gasteiger partial charge in [-0.3, -0.25) is 5.32 Å². The molecule has 2 heterocycles. The predicted molar refractivity (Wildman–Crippen MR) is 119 cm³/mol. The summed E-state index contributed by atoms with van der Waals surface area (Å²) in [4.78, 5) is 11.7. The first kappa shape index (κ1) is 21.3. The number of allylic oxidation sites excluding steroid dienone is 1. The maximum absolute atomic E-state index is 6.18. The van der Waals surface area contributed by atoms with Crippen molar-refractivity contribution in [3.05, 3.63) is 46.2 Å². The van der Waals surface area contributed by atoms with Gasteiger partial charge >= 0.3 is 0 Å². The number of ether oxygens (including phenoxy) is 1. The topological polar surface area (TPSA) is 64.8 Å². The molecule has 0 aliphatic carbocycles. The van der Waals surface area contributed by atoms with Gasteiger partial charge < -0.3 is 9.64 Å². The molecule has 0 aromatic heterocycles. The van der Waals surface area contributed by atoms with Crippen LogP contribution in [0.5, 0.6) is 0 Å². The minimum absolute atomic E-state index is 0.130. The maximum atomic E-state index is 6.18. The molecule has 0 spiro atoms. The van der Waals surface area contributed by atoms with Crippen LogP contribution in [0.25, 0.3) is 0 Å². The van der Waals surface area contributed by atoms with Crippen molar-refractivity contribution in [1.82, 2.24) is 15.2 Å². The average molecular weight is 417 g/mol. The Bertz CT molecular complexity index is 837. The smallest absolute Gasteiger partial charge is 0.298 e. The summed E-state index contributed by atoms with van der Waals surface area (Å²) in [5.41, 5.74) is 2.03. The van der Waals surface area contributed by atoms with Gasteiger partial charge in [-0.15, -0.1) is 0 Å². The molecule has 1 aromatic carbocycles. The van der Waals surface area contributed by atoms with Gasteiger partial charge in [0.1, 0.15) is 11.9 Å². The van der Waals surface area contributed by atoms with E-state index < -0.39 is 0 Å². The number of aliphatic imine (C=N–C) groups is 2. The molecule has 7 nitrogen and oxygen atoms in total. The number of halogens is 1. The largest absolute Gasteiger partial charge is 0.461 e. The molecule has 2 aliphatic rings. The zero-order chi connectivity index (χ0) is 21.0. The normalized spacial score (nSPS) is 20.9. The SMILES string of the molecule is C=NN1C(=N[C@H](C)c2cccc(Cl)c2)N=C(OC2CCN(C)CC2)NC1=C(C)C. The monoisotopic (exact) mass is 416 g/mol. The van der Waals surface area contributed by atoms with Crippen LogP contribution in [0, 0.1) is 0 Å². The number of piperidine rings is 1. The highest BCUT2D eigenvalue weighted by molar-refractivity contribution is 6.30. The molecule has 156 valence electrons. The van der Waals surface area contributed by atoms with Crippen LogP contribution in [-0.4, -0.2) is 54.8 Å². The van der Waals surface area contributed by atoms with Crippen molar-refractivity contribution in [2.24, 2.45) is 15.1 Å². The van der Waals surface area contributed by atoms with Gasteiger partial charge in [-0.05, 0) is 63.9 Å². The van der Waals surface area contributed by atoms with Gasteiger partial charge in [0.15, 0.2) is 0 Å². The summed E-state index contributed by atoms with van der Waals surface area (Å²) in [6.45, 7) is 11.7. The molecule has 1 aromatic rings. The predicted octanol–water partition coefficient (Wildman–Crippen LogP) is 4.00. The molecule has 1 atom stereocenters. The summed E-state index contributed by atoms with van der Waals surface area (Å²) in [5, 5.41) is 9.66. The Hall–Kier alpha value is -2.38. The van der Waals surface area contributed by atoms with E-state index in [9.17, 15) is 0 Å². The number of likely N-dealkylation sites (tertiary alicyclic amines) is 1. The van der Waals surface area contributed by atoms with Crippen LogP contribution in [0.4, 0.5) is 0 Å². The highest BCUT2D eigenvalue weighted by Crippen LogP contribution is 2.24. The van der Waals surface area contributed by atoms with Gasteiger partial charge in [-0.1, -0.05) is 23.7 Å². The zero-order valence-corrected chi connectivity index (χ0v) is 18.3. The Kier molecular flexibility index (Phi) is 6.92. The minimum Gasteiger partial charge on any atom is -0.461 e. The van der Waals surface area contributed by atoms with E-state index in [1.54, 1.807) is 5.01 Å². The quantitative estimate of drug-likeness (QED) is 0.753. The molecular formula is C21H29ClN6O. The minimum atomic E-state index is -0.155. The van der Waals surface area contributed by atoms with Gasteiger partial charge in [0.2, 0.25) is 0 Å². The molecule has 29 heavy (non-hydrogen) atoms. The van der Waals surface area contributed by atoms with Crippen molar-refractivity contribution >= 4 is 30.3 Å². The molecule has 0 unspecified atom stereocenters. The second kappa shape index (κ2) is 9.41. The number of rotatable bonds is 4. The Balaban J connectivity index is 1.90. The lowest BCUT2D eigenvalue weighted by Crippen LogP contribution is -2.45. The van der Waals surface area contributed by atoms with E-state index in [2.05, 4.69) is 34.1 Å². The van der Waals surface area contributed by atoms with Crippen molar-refractivity contribution in [1.29, 1.82) is 0 Å². The molecule has 8 heteroatoms. The molecule has 1 saturated heterocycles. The van der Waals surface area contributed by atoms with Crippen molar-refractivity contribution in [2.75, 3.05) is 20.1 Å². The third kappa shape index (κ3) is 5.36. The number of hydrogen-bond donors (Lipinski definition) is 1. The van der Waals surface area contributed by atoms with Crippen LogP contribution in [0.1, 0.15) is 45.2 Å². The van der Waals surface area contributed by atoms with E-state index in [4.69, 9.17) is 21.3 Å². The molecule has 0 radical (unpaired) electrons. The van der Waals surface area contributed by atoms with Gasteiger partial charge in [0, 0.05) is 24.8 Å². The van der Waals surface area contributed by atoms with E-state index in [0.717, 1.165) is 42.9 Å². The summed E-state index contributed by atoms with van der Waals surface area (Å²) >= 11 is 6.14. The molecular weight excluding hydrogens is 388 g/mol. The van der Waals surface area contributed by atoms with E-state index in [0.29, 0.717) is 17.0 Å². The van der Waals surface area contributed by atoms with Crippen LogP contribution < -0.4 is 5.32 Å². The Morgan fingerprint density at radius 2 is 2.07 bits per heavy atom. The molecule has 0 amide bonds. The Morgan fingerprint density at radius 1 is 1.34 bits per heavy atom. The van der Waals surface area contributed by atoms with E-state index in [1.807, 2.05) is 45.0 Å². The lowest BCUT2D eigenvalue weighted by Gasteiger charge is -2.33. The number of nitrogens with one attached hydrogen (secondary N) is 1. The first-order chi connectivity index (χ1) is 13.9. The molecule has 1 fully saturated rings. The first-order valence-electron chi connectivity index (χ1n) is 9.85. The van der Waals surface area contributed by atoms with Crippen molar-refractivity contribution in [3.8, 4) is 0 Å². The Labute approximate surface area is 177 Å². The molecule has 1 N–H and O–H groups in total. The zero-order valence-electron chi connectivity index (χ0n) is 17.5. The third-order valence-electron chi connectivity index (χ3n) is 5.03. The van der Waals surface area contributed by atoms with E-state index in [-0.39, 0.29) is 12.1 Å². The van der Waals surface area contributed by atoms with Crippen LogP contribution in [0.2, 0.25) is 5.02 Å². The number of guanidine groups is 1.